The Labute approximate surface area is 195 Å². The van der Waals surface area contributed by atoms with Crippen LogP contribution in [0.1, 0.15) is 41.2 Å². The lowest BCUT2D eigenvalue weighted by Crippen LogP contribution is -2.32. The Kier molecular flexibility index (Phi) is 6.45. The molecule has 0 aliphatic carbocycles. The molecule has 6 nitrogen and oxygen atoms in total. The maximum atomic E-state index is 13.7. The predicted molar refractivity (Wildman–Crippen MR) is 124 cm³/mol. The van der Waals surface area contributed by atoms with E-state index in [1.54, 1.807) is 29.7 Å². The SMILES string of the molecule is CCn1c(C(O)(c2ccc(F)cc2)c2ccc(F)cc2)nc2ccc(C(=O)NC[C@@H](C)O)cc21. The lowest BCUT2D eigenvalue weighted by molar-refractivity contribution is 0.0924. The van der Waals surface area contributed by atoms with Gasteiger partial charge in [-0.1, -0.05) is 24.3 Å². The minimum Gasteiger partial charge on any atom is -0.392 e. The summed E-state index contributed by atoms with van der Waals surface area (Å²) in [6.45, 7) is 3.98. The molecule has 3 N–H and O–H groups in total. The van der Waals surface area contributed by atoms with Crippen LogP contribution in [0, 0.1) is 11.6 Å². The third kappa shape index (κ3) is 4.30. The lowest BCUT2D eigenvalue weighted by atomic mass is 9.85. The number of nitrogens with one attached hydrogen (secondary N) is 1. The standard InChI is InChI=1S/C26H25F2N3O3/c1-3-31-23-14-17(24(33)29-15-16(2)32)4-13-22(23)30-25(31)26(34,18-5-9-20(27)10-6-18)19-7-11-21(28)12-8-19/h4-14,16,32,34H,3,15H2,1-2H3,(H,29,33)/t16-/m1/s1. The number of benzene rings is 3. The average Bonchev–Trinajstić information content (AvgIpc) is 3.21. The number of aliphatic hydroxyl groups is 2. The molecule has 0 bridgehead atoms. The molecule has 0 fully saturated rings. The van der Waals surface area contributed by atoms with E-state index in [2.05, 4.69) is 10.3 Å². The Morgan fingerprint density at radius 2 is 1.59 bits per heavy atom. The van der Waals surface area contributed by atoms with Crippen LogP contribution in [0.25, 0.3) is 11.0 Å². The minimum absolute atomic E-state index is 0.115. The second-order valence-corrected chi connectivity index (χ2v) is 8.17. The number of carbonyl (C=O) groups excluding carboxylic acids is 1. The summed E-state index contributed by atoms with van der Waals surface area (Å²) >= 11 is 0. The summed E-state index contributed by atoms with van der Waals surface area (Å²) in [4.78, 5) is 17.2. The number of aliphatic hydroxyl groups excluding tert-OH is 1. The molecule has 0 aliphatic rings. The van der Waals surface area contributed by atoms with E-state index in [1.165, 1.54) is 48.5 Å². The molecule has 0 radical (unpaired) electrons. The van der Waals surface area contributed by atoms with Gasteiger partial charge in [0.2, 0.25) is 0 Å². The average molecular weight is 466 g/mol. The number of hydrogen-bond acceptors (Lipinski definition) is 4. The molecule has 0 saturated heterocycles. The summed E-state index contributed by atoms with van der Waals surface area (Å²) in [6.07, 6.45) is -0.679. The second kappa shape index (κ2) is 9.32. The van der Waals surface area contributed by atoms with Crippen molar-refractivity contribution in [2.75, 3.05) is 6.54 Å². The van der Waals surface area contributed by atoms with E-state index in [0.29, 0.717) is 34.3 Å². The Bertz CT molecular complexity index is 1270. The summed E-state index contributed by atoms with van der Waals surface area (Å²) in [5.41, 5.74) is 0.448. The van der Waals surface area contributed by atoms with Gasteiger partial charge >= 0.3 is 0 Å². The summed E-state index contributed by atoms with van der Waals surface area (Å²) < 4.78 is 29.1. The van der Waals surface area contributed by atoms with Gasteiger partial charge in [0, 0.05) is 18.7 Å². The van der Waals surface area contributed by atoms with E-state index in [1.807, 2.05) is 6.92 Å². The topological polar surface area (TPSA) is 87.4 Å². The molecule has 1 amide bonds. The van der Waals surface area contributed by atoms with Crippen LogP contribution in [0.4, 0.5) is 8.78 Å². The van der Waals surface area contributed by atoms with E-state index in [0.717, 1.165) is 0 Å². The fraction of sp³-hybridized carbons (Fsp3) is 0.231. The minimum atomic E-state index is -1.81. The number of hydrogen-bond donors (Lipinski definition) is 3. The summed E-state index contributed by atoms with van der Waals surface area (Å²) in [6, 6.07) is 15.8. The van der Waals surface area contributed by atoms with Gasteiger partial charge in [0.25, 0.3) is 5.91 Å². The first kappa shape index (κ1) is 23.5. The number of imidazole rings is 1. The number of amides is 1. The van der Waals surface area contributed by atoms with E-state index >= 15 is 0 Å². The first-order valence-electron chi connectivity index (χ1n) is 11.0. The van der Waals surface area contributed by atoms with Gasteiger partial charge in [0.15, 0.2) is 11.4 Å². The molecule has 1 heterocycles. The van der Waals surface area contributed by atoms with Crippen molar-refractivity contribution in [3.05, 3.63) is 101 Å². The Balaban J connectivity index is 1.90. The fourth-order valence-corrected chi connectivity index (χ4v) is 4.01. The number of aryl methyl sites for hydroxylation is 1. The highest BCUT2D eigenvalue weighted by Crippen LogP contribution is 2.38. The number of nitrogens with zero attached hydrogens (tertiary/aromatic N) is 2. The smallest absolute Gasteiger partial charge is 0.251 e. The van der Waals surface area contributed by atoms with E-state index in [9.17, 15) is 23.8 Å². The fourth-order valence-electron chi connectivity index (χ4n) is 4.01. The van der Waals surface area contributed by atoms with E-state index in [-0.39, 0.29) is 18.3 Å². The molecule has 0 spiro atoms. The molecule has 0 unspecified atom stereocenters. The quantitative estimate of drug-likeness (QED) is 0.388. The summed E-state index contributed by atoms with van der Waals surface area (Å²) in [7, 11) is 0. The molecule has 3 aromatic carbocycles. The zero-order valence-corrected chi connectivity index (χ0v) is 18.8. The zero-order valence-electron chi connectivity index (χ0n) is 18.8. The van der Waals surface area contributed by atoms with Crippen molar-refractivity contribution in [2.45, 2.75) is 32.1 Å². The molecule has 8 heteroatoms. The first-order chi connectivity index (χ1) is 16.2. The van der Waals surface area contributed by atoms with Gasteiger partial charge in [-0.3, -0.25) is 4.79 Å². The Morgan fingerprint density at radius 3 is 2.09 bits per heavy atom. The van der Waals surface area contributed by atoms with Gasteiger partial charge in [0.1, 0.15) is 11.6 Å². The molecule has 1 aromatic heterocycles. The van der Waals surface area contributed by atoms with Crippen molar-refractivity contribution < 1.29 is 23.8 Å². The summed E-state index contributed by atoms with van der Waals surface area (Å²) in [5.74, 6) is -1.01. The zero-order chi connectivity index (χ0) is 24.5. The molecular weight excluding hydrogens is 440 g/mol. The summed E-state index contributed by atoms with van der Waals surface area (Å²) in [5, 5.41) is 24.2. The van der Waals surface area contributed by atoms with Crippen molar-refractivity contribution >= 4 is 16.9 Å². The van der Waals surface area contributed by atoms with Crippen molar-refractivity contribution in [2.24, 2.45) is 0 Å². The number of carbonyl (C=O) groups is 1. The maximum absolute atomic E-state index is 13.7. The molecule has 4 rings (SSSR count). The van der Waals surface area contributed by atoms with Gasteiger partial charge in [-0.05, 0) is 67.4 Å². The van der Waals surface area contributed by atoms with Crippen LogP contribution in [-0.2, 0) is 12.1 Å². The van der Waals surface area contributed by atoms with Crippen LogP contribution < -0.4 is 5.32 Å². The third-order valence-electron chi connectivity index (χ3n) is 5.73. The van der Waals surface area contributed by atoms with Crippen molar-refractivity contribution in [3.63, 3.8) is 0 Å². The molecule has 4 aromatic rings. The number of aromatic nitrogens is 2. The largest absolute Gasteiger partial charge is 0.392 e. The van der Waals surface area contributed by atoms with Crippen LogP contribution >= 0.6 is 0 Å². The number of rotatable bonds is 7. The molecule has 1 atom stereocenters. The Hall–Kier alpha value is -3.62. The third-order valence-corrected chi connectivity index (χ3v) is 5.73. The van der Waals surface area contributed by atoms with Crippen molar-refractivity contribution in [1.82, 2.24) is 14.9 Å². The first-order valence-corrected chi connectivity index (χ1v) is 11.0. The highest BCUT2D eigenvalue weighted by Gasteiger charge is 2.39. The predicted octanol–water partition coefficient (Wildman–Crippen LogP) is 3.73. The normalized spacial score (nSPS) is 12.6. The molecule has 176 valence electrons. The molecule has 0 saturated carbocycles. The second-order valence-electron chi connectivity index (χ2n) is 8.17. The van der Waals surface area contributed by atoms with Gasteiger partial charge in [-0.25, -0.2) is 13.8 Å². The number of fused-ring (bicyclic) bond motifs is 1. The maximum Gasteiger partial charge on any atom is 0.251 e. The van der Waals surface area contributed by atoms with E-state index in [4.69, 9.17) is 0 Å². The van der Waals surface area contributed by atoms with Crippen molar-refractivity contribution in [1.29, 1.82) is 0 Å². The molecular formula is C26H25F2N3O3. The van der Waals surface area contributed by atoms with Gasteiger partial charge in [0.05, 0.1) is 17.1 Å². The van der Waals surface area contributed by atoms with Crippen LogP contribution in [0.3, 0.4) is 0 Å². The van der Waals surface area contributed by atoms with Crippen LogP contribution in [0.15, 0.2) is 66.7 Å². The van der Waals surface area contributed by atoms with Gasteiger partial charge in [-0.15, -0.1) is 0 Å². The van der Waals surface area contributed by atoms with Crippen LogP contribution in [-0.4, -0.2) is 38.3 Å². The van der Waals surface area contributed by atoms with Crippen LogP contribution in [0.2, 0.25) is 0 Å². The lowest BCUT2D eigenvalue weighted by Gasteiger charge is -2.29. The highest BCUT2D eigenvalue weighted by atomic mass is 19.1. The van der Waals surface area contributed by atoms with Gasteiger partial charge < -0.3 is 20.1 Å². The molecule has 0 aliphatic heterocycles. The Morgan fingerprint density at radius 1 is 1.03 bits per heavy atom. The van der Waals surface area contributed by atoms with Crippen molar-refractivity contribution in [3.8, 4) is 0 Å². The number of halogens is 2. The monoisotopic (exact) mass is 465 g/mol. The van der Waals surface area contributed by atoms with E-state index < -0.39 is 23.3 Å². The van der Waals surface area contributed by atoms with Crippen LogP contribution in [0.5, 0.6) is 0 Å². The highest BCUT2D eigenvalue weighted by molar-refractivity contribution is 5.97. The van der Waals surface area contributed by atoms with Gasteiger partial charge in [-0.2, -0.15) is 0 Å². The molecule has 34 heavy (non-hydrogen) atoms.